The number of sulfonamides is 1. The number of rotatable bonds is 7. The van der Waals surface area contributed by atoms with Crippen LogP contribution in [0.2, 0.25) is 0 Å². The van der Waals surface area contributed by atoms with Gasteiger partial charge in [0, 0.05) is 25.2 Å². The molecule has 0 saturated carbocycles. The van der Waals surface area contributed by atoms with Crippen LogP contribution in [0, 0.1) is 0 Å². The molecule has 7 heteroatoms. The van der Waals surface area contributed by atoms with Crippen LogP contribution in [0.1, 0.15) is 19.8 Å². The Morgan fingerprint density at radius 1 is 1.50 bits per heavy atom. The first-order valence-corrected chi connectivity index (χ1v) is 7.15. The van der Waals surface area contributed by atoms with Crippen molar-refractivity contribution in [2.24, 2.45) is 0 Å². The third kappa shape index (κ3) is 3.20. The number of nitrogens with one attached hydrogen (secondary N) is 1. The van der Waals surface area contributed by atoms with E-state index in [4.69, 9.17) is 11.6 Å². The second-order valence-corrected chi connectivity index (χ2v) is 5.70. The summed E-state index contributed by atoms with van der Waals surface area (Å²) in [5, 5.41) is 6.15. The fourth-order valence-electron chi connectivity index (χ4n) is 1.31. The standard InChI is InChI=1S/C9H16ClN3O2S/c1-2-3-5-13(6-4-10)16(14,15)9-7-11-12-8-9/h7-8H,2-6H2,1H3,(H,11,12). The molecular weight excluding hydrogens is 250 g/mol. The van der Waals surface area contributed by atoms with Crippen LogP contribution >= 0.6 is 11.6 Å². The van der Waals surface area contributed by atoms with Crippen molar-refractivity contribution >= 4 is 21.6 Å². The van der Waals surface area contributed by atoms with Crippen molar-refractivity contribution in [1.82, 2.24) is 14.5 Å². The minimum Gasteiger partial charge on any atom is -0.284 e. The molecule has 0 saturated heterocycles. The van der Waals surface area contributed by atoms with Gasteiger partial charge in [0.25, 0.3) is 0 Å². The monoisotopic (exact) mass is 265 g/mol. The van der Waals surface area contributed by atoms with Crippen molar-refractivity contribution in [2.75, 3.05) is 19.0 Å². The lowest BCUT2D eigenvalue weighted by atomic mass is 10.3. The zero-order valence-electron chi connectivity index (χ0n) is 9.19. The normalized spacial score (nSPS) is 12.2. The molecule has 0 aliphatic rings. The number of aromatic nitrogens is 2. The average molecular weight is 266 g/mol. The molecule has 0 aliphatic heterocycles. The van der Waals surface area contributed by atoms with Gasteiger partial charge in [0.05, 0.1) is 6.20 Å². The molecule has 1 aromatic rings. The quantitative estimate of drug-likeness (QED) is 0.759. The molecule has 0 amide bonds. The maximum atomic E-state index is 12.1. The molecule has 0 bridgehead atoms. The summed E-state index contributed by atoms with van der Waals surface area (Å²) in [6, 6.07) is 0. The Kier molecular flexibility index (Phi) is 5.24. The highest BCUT2D eigenvalue weighted by molar-refractivity contribution is 7.89. The summed E-state index contributed by atoms with van der Waals surface area (Å²) >= 11 is 5.61. The SMILES string of the molecule is CCCCN(CCCl)S(=O)(=O)c1cn[nH]c1. The minimum absolute atomic E-state index is 0.189. The van der Waals surface area contributed by atoms with E-state index in [1.54, 1.807) is 0 Å². The Balaban J connectivity index is 2.84. The van der Waals surface area contributed by atoms with Crippen LogP contribution in [0.5, 0.6) is 0 Å². The molecule has 0 fully saturated rings. The van der Waals surface area contributed by atoms with E-state index in [0.717, 1.165) is 12.8 Å². The van der Waals surface area contributed by atoms with E-state index in [2.05, 4.69) is 10.2 Å². The number of aromatic amines is 1. The number of hydrogen-bond acceptors (Lipinski definition) is 3. The molecule has 0 aromatic carbocycles. The highest BCUT2D eigenvalue weighted by Gasteiger charge is 2.24. The predicted molar refractivity (Wildman–Crippen MR) is 63.0 cm³/mol. The summed E-state index contributed by atoms with van der Waals surface area (Å²) in [6.45, 7) is 2.84. The summed E-state index contributed by atoms with van der Waals surface area (Å²) in [6.07, 6.45) is 4.46. The van der Waals surface area contributed by atoms with Gasteiger partial charge in [-0.15, -0.1) is 11.6 Å². The molecule has 92 valence electrons. The first-order valence-electron chi connectivity index (χ1n) is 5.17. The summed E-state index contributed by atoms with van der Waals surface area (Å²) in [7, 11) is -3.44. The molecular formula is C9H16ClN3O2S. The van der Waals surface area contributed by atoms with Crippen molar-refractivity contribution in [3.8, 4) is 0 Å². The van der Waals surface area contributed by atoms with E-state index in [9.17, 15) is 8.42 Å². The van der Waals surface area contributed by atoms with Gasteiger partial charge < -0.3 is 0 Å². The fourth-order valence-corrected chi connectivity index (χ4v) is 3.00. The number of halogens is 1. The second-order valence-electron chi connectivity index (χ2n) is 3.38. The van der Waals surface area contributed by atoms with Gasteiger partial charge in [-0.25, -0.2) is 8.42 Å². The fraction of sp³-hybridized carbons (Fsp3) is 0.667. The van der Waals surface area contributed by atoms with Gasteiger partial charge in [0.15, 0.2) is 0 Å². The lowest BCUT2D eigenvalue weighted by molar-refractivity contribution is 0.420. The molecule has 1 heterocycles. The van der Waals surface area contributed by atoms with Crippen molar-refractivity contribution in [2.45, 2.75) is 24.7 Å². The van der Waals surface area contributed by atoms with Gasteiger partial charge in [0.2, 0.25) is 10.0 Å². The minimum atomic E-state index is -3.44. The van der Waals surface area contributed by atoms with Crippen molar-refractivity contribution < 1.29 is 8.42 Å². The highest BCUT2D eigenvalue weighted by atomic mass is 35.5. The topological polar surface area (TPSA) is 66.1 Å². The average Bonchev–Trinajstić information content (AvgIpc) is 2.77. The number of nitrogens with zero attached hydrogens (tertiary/aromatic N) is 2. The van der Waals surface area contributed by atoms with E-state index in [0.29, 0.717) is 19.0 Å². The molecule has 0 spiro atoms. The lowest BCUT2D eigenvalue weighted by Crippen LogP contribution is -2.33. The molecule has 16 heavy (non-hydrogen) atoms. The van der Waals surface area contributed by atoms with Crippen LogP contribution in [0.3, 0.4) is 0 Å². The Hall–Kier alpha value is -0.590. The number of hydrogen-bond donors (Lipinski definition) is 1. The Bertz CT molecular complexity index is 391. The van der Waals surface area contributed by atoms with Crippen LogP contribution in [0.15, 0.2) is 17.3 Å². The Labute approximate surface area is 101 Å². The zero-order chi connectivity index (χ0) is 12.0. The lowest BCUT2D eigenvalue weighted by Gasteiger charge is -2.19. The van der Waals surface area contributed by atoms with Crippen LogP contribution < -0.4 is 0 Å². The maximum Gasteiger partial charge on any atom is 0.246 e. The largest absolute Gasteiger partial charge is 0.284 e. The maximum absolute atomic E-state index is 12.1. The number of unbranched alkanes of at least 4 members (excludes halogenated alkanes) is 1. The Morgan fingerprint density at radius 2 is 2.25 bits per heavy atom. The number of H-pyrrole nitrogens is 1. The van der Waals surface area contributed by atoms with Gasteiger partial charge in [-0.2, -0.15) is 9.40 Å². The van der Waals surface area contributed by atoms with Crippen LogP contribution in [-0.4, -0.2) is 41.9 Å². The van der Waals surface area contributed by atoms with Gasteiger partial charge in [-0.3, -0.25) is 5.10 Å². The van der Waals surface area contributed by atoms with E-state index in [-0.39, 0.29) is 4.90 Å². The summed E-state index contributed by atoms with van der Waals surface area (Å²) in [5.74, 6) is 0.292. The van der Waals surface area contributed by atoms with Gasteiger partial charge >= 0.3 is 0 Å². The van der Waals surface area contributed by atoms with E-state index < -0.39 is 10.0 Å². The van der Waals surface area contributed by atoms with Crippen molar-refractivity contribution in [3.05, 3.63) is 12.4 Å². The summed E-state index contributed by atoms with van der Waals surface area (Å²) in [4.78, 5) is 0.189. The Morgan fingerprint density at radius 3 is 2.75 bits per heavy atom. The smallest absolute Gasteiger partial charge is 0.246 e. The van der Waals surface area contributed by atoms with Crippen LogP contribution in [0.25, 0.3) is 0 Å². The molecule has 0 unspecified atom stereocenters. The van der Waals surface area contributed by atoms with Crippen LogP contribution in [-0.2, 0) is 10.0 Å². The molecule has 0 radical (unpaired) electrons. The number of alkyl halides is 1. The highest BCUT2D eigenvalue weighted by Crippen LogP contribution is 2.14. The summed E-state index contributed by atoms with van der Waals surface area (Å²) < 4.78 is 25.6. The molecule has 5 nitrogen and oxygen atoms in total. The summed E-state index contributed by atoms with van der Waals surface area (Å²) in [5.41, 5.74) is 0. The molecule has 0 aliphatic carbocycles. The zero-order valence-corrected chi connectivity index (χ0v) is 10.8. The van der Waals surface area contributed by atoms with Gasteiger partial charge in [-0.05, 0) is 6.42 Å². The molecule has 1 aromatic heterocycles. The van der Waals surface area contributed by atoms with Gasteiger partial charge in [-0.1, -0.05) is 13.3 Å². The van der Waals surface area contributed by atoms with E-state index in [1.165, 1.54) is 16.7 Å². The van der Waals surface area contributed by atoms with Crippen LogP contribution in [0.4, 0.5) is 0 Å². The first-order chi connectivity index (χ1) is 7.62. The van der Waals surface area contributed by atoms with Crippen molar-refractivity contribution in [1.29, 1.82) is 0 Å². The molecule has 1 rings (SSSR count). The van der Waals surface area contributed by atoms with E-state index >= 15 is 0 Å². The van der Waals surface area contributed by atoms with Gasteiger partial charge in [0.1, 0.15) is 4.90 Å². The second kappa shape index (κ2) is 6.22. The van der Waals surface area contributed by atoms with Crippen molar-refractivity contribution in [3.63, 3.8) is 0 Å². The van der Waals surface area contributed by atoms with E-state index in [1.807, 2.05) is 6.92 Å². The molecule has 0 atom stereocenters. The first kappa shape index (κ1) is 13.5. The third-order valence-electron chi connectivity index (χ3n) is 2.21. The predicted octanol–water partition coefficient (Wildman–Crippen LogP) is 1.44. The third-order valence-corrected chi connectivity index (χ3v) is 4.24. The molecule has 1 N–H and O–H groups in total.